The van der Waals surface area contributed by atoms with Gasteiger partial charge in [0.1, 0.15) is 6.04 Å². The van der Waals surface area contributed by atoms with E-state index in [1.807, 2.05) is 24.3 Å². The zero-order chi connectivity index (χ0) is 14.2. The molecule has 0 unspecified atom stereocenters. The number of benzene rings is 1. The molecule has 1 saturated heterocycles. The predicted octanol–water partition coefficient (Wildman–Crippen LogP) is 3.64. The Morgan fingerprint density at radius 1 is 1.37 bits per heavy atom. The van der Waals surface area contributed by atoms with Crippen LogP contribution in [0.15, 0.2) is 24.3 Å². The van der Waals surface area contributed by atoms with Crippen LogP contribution >= 0.6 is 23.4 Å². The minimum Gasteiger partial charge on any atom is -0.480 e. The minimum atomic E-state index is -0.751. The quantitative estimate of drug-likeness (QED) is 0.905. The third-order valence-electron chi connectivity index (χ3n) is 3.22. The van der Waals surface area contributed by atoms with Crippen LogP contribution in [0.1, 0.15) is 31.7 Å². The molecule has 0 radical (unpaired) electrons. The van der Waals surface area contributed by atoms with Crippen LogP contribution in [0.5, 0.6) is 0 Å². The third kappa shape index (κ3) is 3.07. The summed E-state index contributed by atoms with van der Waals surface area (Å²) in [7, 11) is 0. The van der Waals surface area contributed by atoms with E-state index in [1.165, 1.54) is 0 Å². The first-order chi connectivity index (χ1) is 8.80. The van der Waals surface area contributed by atoms with Gasteiger partial charge in [-0.3, -0.25) is 9.69 Å². The molecule has 1 aliphatic rings. The zero-order valence-corrected chi connectivity index (χ0v) is 12.8. The molecule has 19 heavy (non-hydrogen) atoms. The van der Waals surface area contributed by atoms with Crippen LogP contribution < -0.4 is 0 Å². The van der Waals surface area contributed by atoms with Crippen LogP contribution in [0.4, 0.5) is 0 Å². The highest BCUT2D eigenvalue weighted by atomic mass is 35.5. The molecule has 104 valence electrons. The molecule has 1 fully saturated rings. The summed E-state index contributed by atoms with van der Waals surface area (Å²) in [6, 6.07) is 7.22. The lowest BCUT2D eigenvalue weighted by Gasteiger charge is -2.39. The van der Waals surface area contributed by atoms with Crippen molar-refractivity contribution in [2.75, 3.05) is 5.75 Å². The highest BCUT2D eigenvalue weighted by molar-refractivity contribution is 7.99. The molecule has 1 aliphatic heterocycles. The number of carboxylic acids is 1. The summed E-state index contributed by atoms with van der Waals surface area (Å²) in [5.74, 6) is -0.140. The number of aliphatic carboxylic acids is 1. The largest absolute Gasteiger partial charge is 0.480 e. The first-order valence-electron chi connectivity index (χ1n) is 6.19. The Balaban J connectivity index is 2.34. The summed E-state index contributed by atoms with van der Waals surface area (Å²) in [6.07, 6.45) is 0. The molecule has 2 atom stereocenters. The van der Waals surface area contributed by atoms with Crippen molar-refractivity contribution in [1.29, 1.82) is 0 Å². The van der Waals surface area contributed by atoms with Crippen LogP contribution in [0.3, 0.4) is 0 Å². The first-order valence-corrected chi connectivity index (χ1v) is 7.61. The van der Waals surface area contributed by atoms with Crippen molar-refractivity contribution in [1.82, 2.24) is 4.90 Å². The average Bonchev–Trinajstić information content (AvgIpc) is 2.74. The van der Waals surface area contributed by atoms with Crippen molar-refractivity contribution >= 4 is 29.3 Å². The number of halogens is 1. The molecule has 1 aromatic rings. The second-order valence-electron chi connectivity index (χ2n) is 5.67. The Kier molecular flexibility index (Phi) is 4.14. The van der Waals surface area contributed by atoms with Gasteiger partial charge in [-0.05, 0) is 38.5 Å². The topological polar surface area (TPSA) is 40.5 Å². The fourth-order valence-electron chi connectivity index (χ4n) is 2.40. The van der Waals surface area contributed by atoms with Crippen molar-refractivity contribution in [3.63, 3.8) is 0 Å². The second-order valence-corrected chi connectivity index (χ2v) is 7.22. The van der Waals surface area contributed by atoms with Gasteiger partial charge in [-0.2, -0.15) is 0 Å². The average molecular weight is 300 g/mol. The second kappa shape index (κ2) is 5.35. The van der Waals surface area contributed by atoms with Crippen molar-refractivity contribution in [2.45, 2.75) is 37.7 Å². The number of nitrogens with zero attached hydrogens (tertiary/aromatic N) is 1. The number of hydrogen-bond acceptors (Lipinski definition) is 3. The smallest absolute Gasteiger partial charge is 0.321 e. The van der Waals surface area contributed by atoms with Crippen LogP contribution in [-0.4, -0.2) is 33.3 Å². The van der Waals surface area contributed by atoms with Gasteiger partial charge in [0.15, 0.2) is 0 Å². The highest BCUT2D eigenvalue weighted by Crippen LogP contribution is 2.45. The van der Waals surface area contributed by atoms with Gasteiger partial charge in [-0.15, -0.1) is 11.8 Å². The van der Waals surface area contributed by atoms with Crippen molar-refractivity contribution in [3.8, 4) is 0 Å². The van der Waals surface area contributed by atoms with Gasteiger partial charge < -0.3 is 5.11 Å². The van der Waals surface area contributed by atoms with Crippen LogP contribution in [0.2, 0.25) is 5.02 Å². The molecule has 1 N–H and O–H groups in total. The van der Waals surface area contributed by atoms with Crippen LogP contribution in [0.25, 0.3) is 0 Å². The fourth-order valence-corrected chi connectivity index (χ4v) is 4.17. The lowest BCUT2D eigenvalue weighted by Crippen LogP contribution is -2.49. The lowest BCUT2D eigenvalue weighted by atomic mass is 10.0. The van der Waals surface area contributed by atoms with E-state index in [0.29, 0.717) is 10.8 Å². The standard InChI is InChI=1S/C14H18ClNO2S/c1-14(2,3)16-11(13(17)18)8-19-12(16)9-4-6-10(15)7-5-9/h4-7,11-12H,8H2,1-3H3,(H,17,18)/t11-,12+/m0/s1. The molecule has 0 aliphatic carbocycles. The van der Waals surface area contributed by atoms with Gasteiger partial charge >= 0.3 is 5.97 Å². The molecule has 0 aromatic heterocycles. The van der Waals surface area contributed by atoms with E-state index in [-0.39, 0.29) is 10.9 Å². The van der Waals surface area contributed by atoms with Gasteiger partial charge in [-0.1, -0.05) is 23.7 Å². The van der Waals surface area contributed by atoms with Gasteiger partial charge in [0.2, 0.25) is 0 Å². The monoisotopic (exact) mass is 299 g/mol. The van der Waals surface area contributed by atoms with Crippen molar-refractivity contribution < 1.29 is 9.90 Å². The molecule has 5 heteroatoms. The maximum atomic E-state index is 11.4. The molecule has 0 saturated carbocycles. The maximum absolute atomic E-state index is 11.4. The Labute approximate surface area is 122 Å². The van der Waals surface area contributed by atoms with Crippen molar-refractivity contribution in [3.05, 3.63) is 34.9 Å². The van der Waals surface area contributed by atoms with Crippen LogP contribution in [0, 0.1) is 0 Å². The summed E-state index contributed by atoms with van der Waals surface area (Å²) >= 11 is 7.58. The Hall–Kier alpha value is -0.710. The molecule has 1 heterocycles. The highest BCUT2D eigenvalue weighted by Gasteiger charge is 2.44. The van der Waals surface area contributed by atoms with Crippen molar-refractivity contribution in [2.24, 2.45) is 0 Å². The molecular weight excluding hydrogens is 282 g/mol. The molecule has 0 amide bonds. The number of rotatable bonds is 2. The number of thioether (sulfide) groups is 1. The number of hydrogen-bond donors (Lipinski definition) is 1. The predicted molar refractivity (Wildman–Crippen MR) is 79.7 cm³/mol. The summed E-state index contributed by atoms with van der Waals surface area (Å²) < 4.78 is 0. The van der Waals surface area contributed by atoms with Gasteiger partial charge in [0, 0.05) is 16.3 Å². The Morgan fingerprint density at radius 2 is 1.95 bits per heavy atom. The van der Waals surface area contributed by atoms with E-state index in [0.717, 1.165) is 5.56 Å². The summed E-state index contributed by atoms with van der Waals surface area (Å²) in [5, 5.41) is 10.1. The van der Waals surface area contributed by atoms with Crippen LogP contribution in [-0.2, 0) is 4.79 Å². The molecule has 1 aromatic carbocycles. The molecule has 3 nitrogen and oxygen atoms in total. The van der Waals surface area contributed by atoms with E-state index in [4.69, 9.17) is 11.6 Å². The lowest BCUT2D eigenvalue weighted by molar-refractivity contribution is -0.144. The molecular formula is C14H18ClNO2S. The molecule has 2 rings (SSSR count). The number of carbonyl (C=O) groups is 1. The Morgan fingerprint density at radius 3 is 2.42 bits per heavy atom. The molecule has 0 bridgehead atoms. The number of carboxylic acid groups (broad SMARTS) is 1. The first kappa shape index (κ1) is 14.7. The van der Waals surface area contributed by atoms with E-state index < -0.39 is 12.0 Å². The van der Waals surface area contributed by atoms with Gasteiger partial charge in [0.05, 0.1) is 5.37 Å². The SMILES string of the molecule is CC(C)(C)N1[C@@H](c2ccc(Cl)cc2)SC[C@H]1C(=O)O. The summed E-state index contributed by atoms with van der Waals surface area (Å²) in [5.41, 5.74) is 0.907. The fraction of sp³-hybridized carbons (Fsp3) is 0.500. The normalized spacial score (nSPS) is 24.6. The third-order valence-corrected chi connectivity index (χ3v) is 4.79. The minimum absolute atomic E-state index is 0.0679. The van der Waals surface area contributed by atoms with E-state index >= 15 is 0 Å². The molecule has 0 spiro atoms. The van der Waals surface area contributed by atoms with E-state index in [2.05, 4.69) is 25.7 Å². The van der Waals surface area contributed by atoms with E-state index in [1.54, 1.807) is 11.8 Å². The van der Waals surface area contributed by atoms with E-state index in [9.17, 15) is 9.90 Å². The maximum Gasteiger partial charge on any atom is 0.321 e. The zero-order valence-electron chi connectivity index (χ0n) is 11.3. The Bertz CT molecular complexity index is 469. The van der Waals surface area contributed by atoms with Gasteiger partial charge in [0.25, 0.3) is 0 Å². The summed E-state index contributed by atoms with van der Waals surface area (Å²) in [4.78, 5) is 13.5. The van der Waals surface area contributed by atoms with Gasteiger partial charge in [-0.25, -0.2) is 0 Å². The summed E-state index contributed by atoms with van der Waals surface area (Å²) in [6.45, 7) is 6.16.